The number of unbranched alkanes of at least 4 members (excludes halogenated alkanes) is 1. The van der Waals surface area contributed by atoms with Crippen molar-refractivity contribution in [3.05, 3.63) is 90.0 Å². The number of hydrogen-bond donors (Lipinski definition) is 1. The van der Waals surface area contributed by atoms with E-state index in [-0.39, 0.29) is 17.3 Å². The van der Waals surface area contributed by atoms with Crippen molar-refractivity contribution in [3.8, 4) is 16.9 Å². The van der Waals surface area contributed by atoms with Crippen LogP contribution in [0.5, 0.6) is 5.75 Å². The summed E-state index contributed by atoms with van der Waals surface area (Å²) in [5.41, 5.74) is 4.69. The highest BCUT2D eigenvalue weighted by Crippen LogP contribution is 2.20. The molecule has 0 atom stereocenters. The third-order valence-corrected chi connectivity index (χ3v) is 6.57. The van der Waals surface area contributed by atoms with E-state index in [9.17, 15) is 9.59 Å². The molecule has 1 fully saturated rings. The molecule has 1 aliphatic rings. The van der Waals surface area contributed by atoms with E-state index in [1.165, 1.54) is 74.1 Å². The summed E-state index contributed by atoms with van der Waals surface area (Å²) >= 11 is 0. The lowest BCUT2D eigenvalue weighted by Crippen LogP contribution is -2.20. The molecule has 3 aromatic rings. The van der Waals surface area contributed by atoms with E-state index in [1.54, 1.807) is 19.1 Å². The predicted octanol–water partition coefficient (Wildman–Crippen LogP) is 7.11. The topological polar surface area (TPSA) is 57.6 Å². The number of likely N-dealkylation sites (tertiary alicyclic amines) is 1. The Balaban J connectivity index is 0.000000207. The second-order valence-corrected chi connectivity index (χ2v) is 9.59. The van der Waals surface area contributed by atoms with Crippen LogP contribution in [0.15, 0.2) is 78.9 Å². The van der Waals surface area contributed by atoms with Crippen LogP contribution in [0.2, 0.25) is 0 Å². The number of rotatable bonds is 11. The molecule has 0 bridgehead atoms. The van der Waals surface area contributed by atoms with Gasteiger partial charge in [-0.25, -0.2) is 0 Å². The van der Waals surface area contributed by atoms with Crippen molar-refractivity contribution in [2.24, 2.45) is 0 Å². The first kappa shape index (κ1) is 27.3. The number of benzene rings is 3. The SMILES string of the molecule is CC(=O)CCCCC(=O)c1ccc(O)cc1.c1ccc(-c2ccc(CCCN3CCCC3)cc2)cc1. The largest absolute Gasteiger partial charge is 0.508 e. The minimum atomic E-state index is 0.0588. The Kier molecular flexibility index (Phi) is 11.4. The average molecular weight is 486 g/mol. The standard InChI is InChI=1S/C19H23N.C13H16O3/c1-2-8-18(9-3-1)19-12-10-17(11-13-19)7-6-16-20-14-4-5-15-20;1-10(14)4-2-3-5-13(16)11-6-8-12(15)9-7-11/h1-3,8-13H,4-7,14-16H2;6-9,15H,2-5H2,1H3. The molecule has 4 nitrogen and oxygen atoms in total. The van der Waals surface area contributed by atoms with Crippen LogP contribution in [0.4, 0.5) is 0 Å². The summed E-state index contributed by atoms with van der Waals surface area (Å²) in [6.07, 6.45) is 7.77. The highest BCUT2D eigenvalue weighted by Gasteiger charge is 2.10. The van der Waals surface area contributed by atoms with Crippen LogP contribution in [0.3, 0.4) is 0 Å². The van der Waals surface area contributed by atoms with Gasteiger partial charge in [-0.15, -0.1) is 0 Å². The molecule has 4 rings (SSSR count). The summed E-state index contributed by atoms with van der Waals surface area (Å²) in [4.78, 5) is 24.9. The Morgan fingerprint density at radius 2 is 1.36 bits per heavy atom. The van der Waals surface area contributed by atoms with Crippen LogP contribution in [-0.4, -0.2) is 41.2 Å². The summed E-state index contributed by atoms with van der Waals surface area (Å²) in [5, 5.41) is 9.06. The summed E-state index contributed by atoms with van der Waals surface area (Å²) in [7, 11) is 0. The molecule has 4 heteroatoms. The van der Waals surface area contributed by atoms with Gasteiger partial charge in [0, 0.05) is 18.4 Å². The second-order valence-electron chi connectivity index (χ2n) is 9.59. The first-order valence-electron chi connectivity index (χ1n) is 13.2. The Bertz CT molecular complexity index is 1050. The average Bonchev–Trinajstić information content (AvgIpc) is 3.42. The number of ketones is 2. The highest BCUT2D eigenvalue weighted by atomic mass is 16.3. The van der Waals surface area contributed by atoms with Gasteiger partial charge in [-0.2, -0.15) is 0 Å². The summed E-state index contributed by atoms with van der Waals surface area (Å²) in [6, 6.07) is 25.9. The van der Waals surface area contributed by atoms with Crippen molar-refractivity contribution in [1.82, 2.24) is 4.90 Å². The van der Waals surface area contributed by atoms with Gasteiger partial charge in [0.05, 0.1) is 0 Å². The molecule has 36 heavy (non-hydrogen) atoms. The third kappa shape index (κ3) is 9.79. The number of Topliss-reactive ketones (excluding diaryl/α,β-unsaturated/α-hetero) is 2. The number of aryl methyl sites for hydroxylation is 1. The maximum absolute atomic E-state index is 11.6. The fourth-order valence-corrected chi connectivity index (χ4v) is 4.46. The first-order chi connectivity index (χ1) is 17.5. The molecule has 190 valence electrons. The van der Waals surface area contributed by atoms with Gasteiger partial charge in [0.25, 0.3) is 0 Å². The maximum atomic E-state index is 11.6. The Morgan fingerprint density at radius 3 is 2.00 bits per heavy atom. The Hall–Kier alpha value is -3.24. The molecule has 0 saturated carbocycles. The fourth-order valence-electron chi connectivity index (χ4n) is 4.46. The zero-order valence-corrected chi connectivity index (χ0v) is 21.5. The molecule has 0 spiro atoms. The van der Waals surface area contributed by atoms with Crippen molar-refractivity contribution in [2.45, 2.75) is 58.3 Å². The highest BCUT2D eigenvalue weighted by molar-refractivity contribution is 5.96. The van der Waals surface area contributed by atoms with Gasteiger partial charge >= 0.3 is 0 Å². The normalized spacial score (nSPS) is 13.1. The number of nitrogens with zero attached hydrogens (tertiary/aromatic N) is 1. The van der Waals surface area contributed by atoms with Crippen molar-refractivity contribution in [3.63, 3.8) is 0 Å². The van der Waals surface area contributed by atoms with E-state index in [4.69, 9.17) is 5.11 Å². The zero-order chi connectivity index (χ0) is 25.6. The summed E-state index contributed by atoms with van der Waals surface area (Å²) in [6.45, 7) is 5.45. The van der Waals surface area contributed by atoms with Crippen LogP contribution in [-0.2, 0) is 11.2 Å². The van der Waals surface area contributed by atoms with Gasteiger partial charge in [0.2, 0.25) is 0 Å². The smallest absolute Gasteiger partial charge is 0.162 e. The molecule has 0 unspecified atom stereocenters. The zero-order valence-electron chi connectivity index (χ0n) is 21.5. The lowest BCUT2D eigenvalue weighted by atomic mass is 10.0. The molecule has 1 heterocycles. The van der Waals surface area contributed by atoms with Gasteiger partial charge in [-0.1, -0.05) is 54.6 Å². The molecule has 0 aliphatic carbocycles. The van der Waals surface area contributed by atoms with Gasteiger partial charge in [0.1, 0.15) is 11.5 Å². The Morgan fingerprint density at radius 1 is 0.750 bits per heavy atom. The quantitative estimate of drug-likeness (QED) is 0.232. The van der Waals surface area contributed by atoms with E-state index >= 15 is 0 Å². The van der Waals surface area contributed by atoms with E-state index < -0.39 is 0 Å². The molecule has 0 aromatic heterocycles. The molecule has 1 saturated heterocycles. The van der Waals surface area contributed by atoms with Crippen molar-refractivity contribution in [2.75, 3.05) is 19.6 Å². The number of hydrogen-bond acceptors (Lipinski definition) is 4. The van der Waals surface area contributed by atoms with Crippen molar-refractivity contribution >= 4 is 11.6 Å². The van der Waals surface area contributed by atoms with E-state index in [0.29, 0.717) is 18.4 Å². The van der Waals surface area contributed by atoms with E-state index in [0.717, 1.165) is 12.8 Å². The summed E-state index contributed by atoms with van der Waals surface area (Å²) in [5.74, 6) is 0.383. The third-order valence-electron chi connectivity index (χ3n) is 6.57. The number of carbonyl (C=O) groups is 2. The minimum absolute atomic E-state index is 0.0588. The van der Waals surface area contributed by atoms with Gasteiger partial charge in [-0.05, 0) is 106 Å². The second kappa shape index (κ2) is 15.0. The van der Waals surface area contributed by atoms with Gasteiger partial charge < -0.3 is 14.8 Å². The van der Waals surface area contributed by atoms with Crippen LogP contribution < -0.4 is 0 Å². The van der Waals surface area contributed by atoms with Crippen molar-refractivity contribution < 1.29 is 14.7 Å². The lowest BCUT2D eigenvalue weighted by molar-refractivity contribution is -0.117. The fraction of sp³-hybridized carbons (Fsp3) is 0.375. The number of phenolic OH excluding ortho intramolecular Hbond substituents is 1. The molecule has 1 aliphatic heterocycles. The van der Waals surface area contributed by atoms with Crippen molar-refractivity contribution in [1.29, 1.82) is 0 Å². The molecular formula is C32H39NO3. The lowest BCUT2D eigenvalue weighted by Gasteiger charge is -2.14. The number of phenols is 1. The van der Waals surface area contributed by atoms with Crippen LogP contribution in [0, 0.1) is 0 Å². The maximum Gasteiger partial charge on any atom is 0.162 e. The molecule has 1 N–H and O–H groups in total. The first-order valence-corrected chi connectivity index (χ1v) is 13.2. The minimum Gasteiger partial charge on any atom is -0.508 e. The predicted molar refractivity (Wildman–Crippen MR) is 147 cm³/mol. The van der Waals surface area contributed by atoms with Gasteiger partial charge in [-0.3, -0.25) is 4.79 Å². The van der Waals surface area contributed by atoms with Crippen LogP contribution in [0.1, 0.15) is 67.8 Å². The number of carbonyl (C=O) groups excluding carboxylic acids is 2. The summed E-state index contributed by atoms with van der Waals surface area (Å²) < 4.78 is 0. The van der Waals surface area contributed by atoms with E-state index in [2.05, 4.69) is 59.5 Å². The monoisotopic (exact) mass is 485 g/mol. The Labute approximate surface area is 216 Å². The van der Waals surface area contributed by atoms with Crippen LogP contribution >= 0.6 is 0 Å². The number of aromatic hydroxyl groups is 1. The van der Waals surface area contributed by atoms with E-state index in [1.807, 2.05) is 0 Å². The molecule has 3 aromatic carbocycles. The molecule has 0 radical (unpaired) electrons. The molecular weight excluding hydrogens is 446 g/mol. The molecule has 0 amide bonds. The van der Waals surface area contributed by atoms with Gasteiger partial charge in [0.15, 0.2) is 5.78 Å². The van der Waals surface area contributed by atoms with Crippen LogP contribution in [0.25, 0.3) is 11.1 Å².